The van der Waals surface area contributed by atoms with Gasteiger partial charge in [-0.05, 0) is 24.3 Å². The van der Waals surface area contributed by atoms with Gasteiger partial charge in [-0.3, -0.25) is 4.79 Å². The van der Waals surface area contributed by atoms with Crippen molar-refractivity contribution in [3.8, 4) is 5.75 Å². The molecule has 0 bridgehead atoms. The number of hydrogen-bond acceptors (Lipinski definition) is 5. The second-order valence-electron chi connectivity index (χ2n) is 4.37. The summed E-state index contributed by atoms with van der Waals surface area (Å²) in [5.74, 6) is 0.534. The van der Waals surface area contributed by atoms with Crippen molar-refractivity contribution in [2.75, 3.05) is 38.7 Å². The number of nitrogens with one attached hydrogen (secondary N) is 2. The first-order valence-corrected chi connectivity index (χ1v) is 6.50. The summed E-state index contributed by atoms with van der Waals surface area (Å²) < 4.78 is 10.3. The van der Waals surface area contributed by atoms with Crippen LogP contribution in [0.1, 0.15) is 6.92 Å². The highest BCUT2D eigenvalue weighted by atomic mass is 16.5. The molecule has 6 nitrogen and oxygen atoms in total. The van der Waals surface area contributed by atoms with Gasteiger partial charge in [0, 0.05) is 32.8 Å². The van der Waals surface area contributed by atoms with Crippen molar-refractivity contribution in [1.29, 1.82) is 0 Å². The molecule has 1 aromatic carbocycles. The number of rotatable bonds is 9. The van der Waals surface area contributed by atoms with Gasteiger partial charge in [0.2, 0.25) is 5.91 Å². The summed E-state index contributed by atoms with van der Waals surface area (Å²) in [4.78, 5) is 10.9. The summed E-state index contributed by atoms with van der Waals surface area (Å²) in [5, 5.41) is 15.4. The summed E-state index contributed by atoms with van der Waals surface area (Å²) in [6.45, 7) is 3.42. The van der Waals surface area contributed by atoms with E-state index in [9.17, 15) is 9.90 Å². The summed E-state index contributed by atoms with van der Waals surface area (Å²) >= 11 is 0. The number of benzene rings is 1. The van der Waals surface area contributed by atoms with E-state index < -0.39 is 6.10 Å². The zero-order valence-corrected chi connectivity index (χ0v) is 11.9. The first kappa shape index (κ1) is 16.4. The zero-order chi connectivity index (χ0) is 14.8. The summed E-state index contributed by atoms with van der Waals surface area (Å²) in [7, 11) is 1.63. The van der Waals surface area contributed by atoms with Crippen molar-refractivity contribution in [2.45, 2.75) is 13.0 Å². The van der Waals surface area contributed by atoms with Gasteiger partial charge >= 0.3 is 0 Å². The van der Waals surface area contributed by atoms with Gasteiger partial charge in [0.05, 0.1) is 6.61 Å². The second-order valence-corrected chi connectivity index (χ2v) is 4.37. The molecule has 0 aliphatic heterocycles. The number of anilines is 1. The first-order valence-electron chi connectivity index (χ1n) is 6.50. The molecule has 112 valence electrons. The van der Waals surface area contributed by atoms with Crippen molar-refractivity contribution >= 4 is 11.6 Å². The van der Waals surface area contributed by atoms with Crippen LogP contribution in [0.3, 0.4) is 0 Å². The van der Waals surface area contributed by atoms with Gasteiger partial charge in [-0.15, -0.1) is 0 Å². The van der Waals surface area contributed by atoms with E-state index in [0.717, 1.165) is 0 Å². The van der Waals surface area contributed by atoms with Gasteiger partial charge in [0.25, 0.3) is 0 Å². The highest BCUT2D eigenvalue weighted by molar-refractivity contribution is 5.88. The van der Waals surface area contributed by atoms with Crippen LogP contribution >= 0.6 is 0 Å². The van der Waals surface area contributed by atoms with Crippen LogP contribution in [0.25, 0.3) is 0 Å². The molecule has 6 heteroatoms. The lowest BCUT2D eigenvalue weighted by atomic mass is 10.3. The average molecular weight is 282 g/mol. The molecule has 0 heterocycles. The summed E-state index contributed by atoms with van der Waals surface area (Å²) in [5.41, 5.74) is 0.714. The van der Waals surface area contributed by atoms with Crippen LogP contribution in [-0.4, -0.2) is 50.5 Å². The molecule has 20 heavy (non-hydrogen) atoms. The number of aliphatic hydroxyl groups is 1. The SMILES string of the molecule is COCCNCC(O)COc1ccc(NC(C)=O)cc1. The van der Waals surface area contributed by atoms with E-state index >= 15 is 0 Å². The summed E-state index contributed by atoms with van der Waals surface area (Å²) in [6, 6.07) is 6.99. The molecular weight excluding hydrogens is 260 g/mol. The van der Waals surface area contributed by atoms with Gasteiger partial charge in [-0.25, -0.2) is 0 Å². The number of amides is 1. The molecule has 1 atom stereocenters. The first-order chi connectivity index (χ1) is 9.61. The maximum Gasteiger partial charge on any atom is 0.221 e. The van der Waals surface area contributed by atoms with Crippen molar-refractivity contribution < 1.29 is 19.4 Å². The monoisotopic (exact) mass is 282 g/mol. The number of carbonyl (C=O) groups excluding carboxylic acids is 1. The lowest BCUT2D eigenvalue weighted by molar-refractivity contribution is -0.114. The number of aliphatic hydroxyl groups excluding tert-OH is 1. The van der Waals surface area contributed by atoms with Crippen LogP contribution in [0.2, 0.25) is 0 Å². The molecule has 0 aliphatic carbocycles. The highest BCUT2D eigenvalue weighted by Crippen LogP contribution is 2.15. The van der Waals surface area contributed by atoms with Gasteiger partial charge in [-0.2, -0.15) is 0 Å². The van der Waals surface area contributed by atoms with E-state index in [-0.39, 0.29) is 12.5 Å². The second kappa shape index (κ2) is 9.30. The van der Waals surface area contributed by atoms with Crippen molar-refractivity contribution in [3.63, 3.8) is 0 Å². The molecule has 0 saturated heterocycles. The fourth-order valence-electron chi connectivity index (χ4n) is 1.53. The Morgan fingerprint density at radius 3 is 2.65 bits per heavy atom. The van der Waals surface area contributed by atoms with Gasteiger partial charge in [0.15, 0.2) is 0 Å². The highest BCUT2D eigenvalue weighted by Gasteiger charge is 2.05. The van der Waals surface area contributed by atoms with E-state index in [1.165, 1.54) is 6.92 Å². The average Bonchev–Trinajstić information content (AvgIpc) is 2.42. The number of carbonyl (C=O) groups is 1. The Hall–Kier alpha value is -1.63. The molecule has 3 N–H and O–H groups in total. The minimum Gasteiger partial charge on any atom is -0.491 e. The number of ether oxygens (including phenoxy) is 2. The molecular formula is C14H22N2O4. The molecule has 0 spiro atoms. The predicted octanol–water partition coefficient (Wildman–Crippen LogP) is 0.621. The van der Waals surface area contributed by atoms with Crippen molar-refractivity contribution in [1.82, 2.24) is 5.32 Å². The quantitative estimate of drug-likeness (QED) is 0.579. The maximum absolute atomic E-state index is 10.9. The molecule has 0 fully saturated rings. The van der Waals surface area contributed by atoms with E-state index in [2.05, 4.69) is 10.6 Å². The minimum atomic E-state index is -0.582. The van der Waals surface area contributed by atoms with Gasteiger partial charge < -0.3 is 25.2 Å². The van der Waals surface area contributed by atoms with Crippen molar-refractivity contribution in [3.05, 3.63) is 24.3 Å². The molecule has 0 radical (unpaired) electrons. The Morgan fingerprint density at radius 1 is 1.35 bits per heavy atom. The Bertz CT molecular complexity index is 395. The van der Waals surface area contributed by atoms with E-state index in [1.54, 1.807) is 31.4 Å². The van der Waals surface area contributed by atoms with Gasteiger partial charge in [-0.1, -0.05) is 0 Å². The third-order valence-electron chi connectivity index (χ3n) is 2.48. The molecule has 0 saturated carbocycles. The fourth-order valence-corrected chi connectivity index (χ4v) is 1.53. The number of hydrogen-bond donors (Lipinski definition) is 3. The van der Waals surface area contributed by atoms with E-state index in [1.807, 2.05) is 0 Å². The molecule has 1 aromatic rings. The van der Waals surface area contributed by atoms with Crippen LogP contribution < -0.4 is 15.4 Å². The third kappa shape index (κ3) is 7.08. The largest absolute Gasteiger partial charge is 0.491 e. The lowest BCUT2D eigenvalue weighted by Crippen LogP contribution is -2.33. The predicted molar refractivity (Wildman–Crippen MR) is 77.0 cm³/mol. The Balaban J connectivity index is 2.25. The minimum absolute atomic E-state index is 0.115. The Labute approximate surface area is 119 Å². The molecule has 1 rings (SSSR count). The normalized spacial score (nSPS) is 11.9. The van der Waals surface area contributed by atoms with Gasteiger partial charge in [0.1, 0.15) is 18.5 Å². The summed E-state index contributed by atoms with van der Waals surface area (Å²) in [6.07, 6.45) is -0.582. The van der Waals surface area contributed by atoms with Crippen LogP contribution in [0, 0.1) is 0 Å². The topological polar surface area (TPSA) is 79.8 Å². The van der Waals surface area contributed by atoms with E-state index in [0.29, 0.717) is 31.1 Å². The smallest absolute Gasteiger partial charge is 0.221 e. The van der Waals surface area contributed by atoms with Crippen LogP contribution in [0.15, 0.2) is 24.3 Å². The zero-order valence-electron chi connectivity index (χ0n) is 11.9. The van der Waals surface area contributed by atoms with Crippen molar-refractivity contribution in [2.24, 2.45) is 0 Å². The third-order valence-corrected chi connectivity index (χ3v) is 2.48. The standard InChI is InChI=1S/C14H22N2O4/c1-11(17)16-12-3-5-14(6-4-12)20-10-13(18)9-15-7-8-19-2/h3-6,13,15,18H,7-10H2,1-2H3,(H,16,17). The van der Waals surface area contributed by atoms with E-state index in [4.69, 9.17) is 9.47 Å². The number of methoxy groups -OCH3 is 1. The molecule has 0 aliphatic rings. The lowest BCUT2D eigenvalue weighted by Gasteiger charge is -2.13. The molecule has 1 unspecified atom stereocenters. The maximum atomic E-state index is 10.9. The fraction of sp³-hybridized carbons (Fsp3) is 0.500. The van der Waals surface area contributed by atoms with Crippen LogP contribution in [-0.2, 0) is 9.53 Å². The Kier molecular flexibility index (Phi) is 7.64. The van der Waals surface area contributed by atoms with Crippen LogP contribution in [0.4, 0.5) is 5.69 Å². The molecule has 0 aromatic heterocycles. The molecule has 1 amide bonds. The van der Waals surface area contributed by atoms with Crippen LogP contribution in [0.5, 0.6) is 5.75 Å². The Morgan fingerprint density at radius 2 is 2.05 bits per heavy atom.